The van der Waals surface area contributed by atoms with Crippen molar-refractivity contribution in [2.75, 3.05) is 0 Å². The number of ether oxygens (including phenoxy) is 1. The van der Waals surface area contributed by atoms with E-state index in [0.717, 1.165) is 12.1 Å². The van der Waals surface area contributed by atoms with E-state index in [-0.39, 0.29) is 5.69 Å². The average Bonchev–Trinajstić information content (AvgIpc) is 2.26. The Hall–Kier alpha value is -2.05. The van der Waals surface area contributed by atoms with Crippen LogP contribution in [0.2, 0.25) is 0 Å². The summed E-state index contributed by atoms with van der Waals surface area (Å²) in [5, 5.41) is 0.329. The van der Waals surface area contributed by atoms with E-state index >= 15 is 0 Å². The van der Waals surface area contributed by atoms with Crippen LogP contribution < -0.4 is 10.5 Å². The third-order valence-electron chi connectivity index (χ3n) is 1.82. The Kier molecular flexibility index (Phi) is 3.45. The van der Waals surface area contributed by atoms with Gasteiger partial charge in [-0.25, -0.2) is 4.99 Å². The first-order chi connectivity index (χ1) is 9.15. The summed E-state index contributed by atoms with van der Waals surface area (Å²) in [6.07, 6.45) is -4.79. The van der Waals surface area contributed by atoms with E-state index in [1.807, 2.05) is 0 Å². The van der Waals surface area contributed by atoms with Gasteiger partial charge >= 0.3 is 16.8 Å². The number of hydrogen-bond acceptors (Lipinski definition) is 6. The molecule has 1 aromatic rings. The Morgan fingerprint density at radius 1 is 1.25 bits per heavy atom. The van der Waals surface area contributed by atoms with Gasteiger partial charge in [-0.3, -0.25) is 0 Å². The van der Waals surface area contributed by atoms with Crippen LogP contribution in [0.3, 0.4) is 0 Å². The van der Waals surface area contributed by atoms with Gasteiger partial charge in [0.25, 0.3) is 5.96 Å². The molecule has 1 aliphatic heterocycles. The first-order valence-electron chi connectivity index (χ1n) is 4.79. The Labute approximate surface area is 110 Å². The van der Waals surface area contributed by atoms with Crippen molar-refractivity contribution in [1.29, 1.82) is 0 Å². The van der Waals surface area contributed by atoms with Crippen LogP contribution in [0.1, 0.15) is 0 Å². The lowest BCUT2D eigenvalue weighted by Crippen LogP contribution is -2.49. The Morgan fingerprint density at radius 3 is 2.25 bits per heavy atom. The van der Waals surface area contributed by atoms with Gasteiger partial charge in [-0.1, -0.05) is 13.8 Å². The first kappa shape index (κ1) is 14.4. The molecule has 20 heavy (non-hydrogen) atoms. The Balaban J connectivity index is 2.03. The molecule has 0 unspecified atom stereocenters. The van der Waals surface area contributed by atoms with Crippen LogP contribution in [0.4, 0.5) is 18.9 Å². The van der Waals surface area contributed by atoms with Crippen molar-refractivity contribution in [3.05, 3.63) is 24.3 Å². The minimum atomic E-state index is -4.79. The third-order valence-corrected chi connectivity index (χ3v) is 2.45. The summed E-state index contributed by atoms with van der Waals surface area (Å²) in [6.45, 7) is 0. The second-order valence-corrected chi connectivity index (χ2v) is 4.44. The topological polar surface area (TPSA) is 103 Å². The molecular formula is C8H6F3N3O5S. The molecule has 0 amide bonds. The zero-order chi connectivity index (χ0) is 15.0. The highest BCUT2D eigenvalue weighted by Crippen LogP contribution is 2.25. The summed E-state index contributed by atoms with van der Waals surface area (Å²) in [5.74, 6) is -0.890. The van der Waals surface area contributed by atoms with E-state index in [1.165, 1.54) is 12.1 Å². The highest BCUT2D eigenvalue weighted by Gasteiger charge is 2.37. The lowest BCUT2D eigenvalue weighted by Gasteiger charge is -2.25. The molecule has 12 heteroatoms. The molecule has 8 nitrogen and oxygen atoms in total. The first-order valence-corrected chi connectivity index (χ1v) is 6.12. The van der Waals surface area contributed by atoms with Gasteiger partial charge < -0.3 is 10.5 Å². The minimum Gasteiger partial charge on any atom is -0.406 e. The van der Waals surface area contributed by atoms with Gasteiger partial charge in [0.2, 0.25) is 0 Å². The van der Waals surface area contributed by atoms with Gasteiger partial charge in [-0.2, -0.15) is 8.42 Å². The molecule has 110 valence electrons. The SMILES string of the molecule is NC(=Nc1ccc(OC(F)(F)F)cc1)N1OS(=O)(=O)O1. The van der Waals surface area contributed by atoms with Crippen molar-refractivity contribution in [2.45, 2.75) is 6.36 Å². The number of rotatable bonds is 2. The fourth-order valence-electron chi connectivity index (χ4n) is 1.14. The Morgan fingerprint density at radius 2 is 1.80 bits per heavy atom. The number of aliphatic imine (C=N–C) groups is 1. The number of hydroxylamine groups is 2. The average molecular weight is 313 g/mol. The van der Waals surface area contributed by atoms with Crippen molar-refractivity contribution in [1.82, 2.24) is 5.23 Å². The molecule has 0 atom stereocenters. The molecular weight excluding hydrogens is 307 g/mol. The molecule has 0 saturated carbocycles. The van der Waals surface area contributed by atoms with Gasteiger partial charge in [0, 0.05) is 0 Å². The zero-order valence-electron chi connectivity index (χ0n) is 9.36. The van der Waals surface area contributed by atoms with Gasteiger partial charge in [-0.05, 0) is 24.3 Å². The summed E-state index contributed by atoms with van der Waals surface area (Å²) in [7, 11) is -4.07. The lowest BCUT2D eigenvalue weighted by molar-refractivity contribution is -0.274. The summed E-state index contributed by atoms with van der Waals surface area (Å²) in [6, 6.07) is 4.35. The number of nitrogens with two attached hydrogens (primary N) is 1. The van der Waals surface area contributed by atoms with E-state index in [4.69, 9.17) is 5.73 Å². The molecule has 2 rings (SSSR count). The van der Waals surface area contributed by atoms with Crippen molar-refractivity contribution >= 4 is 22.0 Å². The zero-order valence-corrected chi connectivity index (χ0v) is 10.2. The van der Waals surface area contributed by atoms with E-state index < -0.39 is 28.5 Å². The van der Waals surface area contributed by atoms with Crippen molar-refractivity contribution in [3.63, 3.8) is 0 Å². The molecule has 0 bridgehead atoms. The number of guanidine groups is 1. The van der Waals surface area contributed by atoms with Crippen LogP contribution >= 0.6 is 0 Å². The predicted octanol–water partition coefficient (Wildman–Crippen LogP) is 0.955. The normalized spacial score (nSPS) is 18.6. The quantitative estimate of drug-likeness (QED) is 0.640. The Bertz CT molecular complexity index is 616. The van der Waals surface area contributed by atoms with Crippen LogP contribution in [-0.4, -0.2) is 26.0 Å². The number of benzene rings is 1. The minimum absolute atomic E-state index is 0.133. The highest BCUT2D eigenvalue weighted by atomic mass is 32.3. The van der Waals surface area contributed by atoms with Crippen molar-refractivity contribution in [3.8, 4) is 5.75 Å². The van der Waals surface area contributed by atoms with Crippen LogP contribution in [0.25, 0.3) is 0 Å². The van der Waals surface area contributed by atoms with E-state index in [1.54, 1.807) is 0 Å². The molecule has 0 aliphatic carbocycles. The summed E-state index contributed by atoms with van der Waals surface area (Å²) in [4.78, 5) is 3.65. The fourth-order valence-corrected chi connectivity index (χ4v) is 1.64. The fraction of sp³-hybridized carbons (Fsp3) is 0.125. The van der Waals surface area contributed by atoms with Crippen LogP contribution in [0, 0.1) is 0 Å². The monoisotopic (exact) mass is 313 g/mol. The predicted molar refractivity (Wildman–Crippen MR) is 57.3 cm³/mol. The molecule has 0 aromatic heterocycles. The molecule has 1 saturated heterocycles. The van der Waals surface area contributed by atoms with E-state index in [2.05, 4.69) is 18.3 Å². The number of hydrogen-bond donors (Lipinski definition) is 1. The molecule has 0 radical (unpaired) electrons. The molecule has 1 aromatic carbocycles. The van der Waals surface area contributed by atoms with Gasteiger partial charge in [0.05, 0.1) is 5.69 Å². The van der Waals surface area contributed by atoms with Crippen LogP contribution in [0.15, 0.2) is 29.3 Å². The molecule has 1 fully saturated rings. The maximum Gasteiger partial charge on any atom is 0.573 e. The van der Waals surface area contributed by atoms with Crippen LogP contribution in [-0.2, 0) is 19.0 Å². The molecule has 2 N–H and O–H groups in total. The number of alkyl halides is 3. The second-order valence-electron chi connectivity index (χ2n) is 3.33. The summed E-state index contributed by atoms with van der Waals surface area (Å²) < 4.78 is 68.6. The summed E-state index contributed by atoms with van der Waals surface area (Å²) in [5.41, 5.74) is 5.46. The second kappa shape index (κ2) is 4.81. The molecule has 1 aliphatic rings. The van der Waals surface area contributed by atoms with Gasteiger partial charge in [0.1, 0.15) is 5.75 Å². The number of halogens is 3. The lowest BCUT2D eigenvalue weighted by atomic mass is 10.3. The third kappa shape index (κ3) is 3.72. The van der Waals surface area contributed by atoms with Crippen LogP contribution in [0.5, 0.6) is 5.75 Å². The summed E-state index contributed by atoms with van der Waals surface area (Å²) >= 11 is 0. The van der Waals surface area contributed by atoms with Gasteiger partial charge in [-0.15, -0.1) is 13.2 Å². The smallest absolute Gasteiger partial charge is 0.406 e. The van der Waals surface area contributed by atoms with E-state index in [0.29, 0.717) is 5.23 Å². The van der Waals surface area contributed by atoms with Crippen molar-refractivity contribution < 1.29 is 34.9 Å². The largest absolute Gasteiger partial charge is 0.573 e. The highest BCUT2D eigenvalue weighted by molar-refractivity contribution is 7.82. The molecule has 1 heterocycles. The van der Waals surface area contributed by atoms with Gasteiger partial charge in [0.15, 0.2) is 0 Å². The molecule has 0 spiro atoms. The maximum atomic E-state index is 11.9. The standard InChI is InChI=1S/C8H6F3N3O5S/c9-8(10,11)17-6-3-1-5(2-4-6)13-7(12)14-18-20(15,16)19-14/h1-4H,(H2,12,13). The number of nitrogens with zero attached hydrogens (tertiary/aromatic N) is 2. The van der Waals surface area contributed by atoms with Crippen molar-refractivity contribution in [2.24, 2.45) is 10.7 Å². The van der Waals surface area contributed by atoms with E-state index in [9.17, 15) is 21.6 Å². The maximum absolute atomic E-state index is 11.9.